The summed E-state index contributed by atoms with van der Waals surface area (Å²) in [6, 6.07) is 3.47. The third-order valence-electron chi connectivity index (χ3n) is 2.44. The first-order valence-electron chi connectivity index (χ1n) is 6.30. The zero-order valence-corrected chi connectivity index (χ0v) is 12.5. The number of rotatable bonds is 4. The summed E-state index contributed by atoms with van der Waals surface area (Å²) < 4.78 is 5.06. The molecule has 0 saturated carbocycles. The number of nitro groups is 1. The van der Waals surface area contributed by atoms with Gasteiger partial charge in [-0.2, -0.15) is 0 Å². The molecule has 114 valence electrons. The minimum Gasteiger partial charge on any atom is -0.495 e. The van der Waals surface area contributed by atoms with Gasteiger partial charge in [0.05, 0.1) is 17.7 Å². The largest absolute Gasteiger partial charge is 0.495 e. The van der Waals surface area contributed by atoms with Crippen LogP contribution in [-0.2, 0) is 0 Å². The maximum absolute atomic E-state index is 11.7. The van der Waals surface area contributed by atoms with Crippen molar-refractivity contribution < 1.29 is 14.5 Å². The van der Waals surface area contributed by atoms with E-state index in [-0.39, 0.29) is 16.8 Å². The van der Waals surface area contributed by atoms with Gasteiger partial charge in [0, 0.05) is 18.3 Å². The number of allylic oxidation sites excluding steroid dienone is 1. The number of methoxy groups -OCH3 is 1. The van der Waals surface area contributed by atoms with E-state index in [1.165, 1.54) is 31.5 Å². The summed E-state index contributed by atoms with van der Waals surface area (Å²) in [6.07, 6.45) is 3.36. The minimum absolute atomic E-state index is 0.0590. The fraction of sp³-hybridized carbons (Fsp3) is 0.357. The summed E-state index contributed by atoms with van der Waals surface area (Å²) in [5.74, 6) is 0.343. The Bertz CT molecular complexity index is 562. The van der Waals surface area contributed by atoms with Crippen LogP contribution in [0.4, 0.5) is 16.2 Å². The van der Waals surface area contributed by atoms with Crippen molar-refractivity contribution in [1.82, 2.24) is 5.32 Å². The summed E-state index contributed by atoms with van der Waals surface area (Å²) in [6.45, 7) is 5.98. The number of benzene rings is 1. The van der Waals surface area contributed by atoms with Crippen LogP contribution >= 0.6 is 0 Å². The summed E-state index contributed by atoms with van der Waals surface area (Å²) in [5, 5.41) is 15.8. The van der Waals surface area contributed by atoms with E-state index in [1.807, 2.05) is 26.8 Å². The molecule has 7 heteroatoms. The molecular weight excluding hydrogens is 274 g/mol. The molecule has 0 fully saturated rings. The normalized spacial score (nSPS) is 11.2. The number of nitro benzene ring substituents is 1. The predicted molar refractivity (Wildman–Crippen MR) is 80.4 cm³/mol. The lowest BCUT2D eigenvalue weighted by molar-refractivity contribution is -0.384. The smallest absolute Gasteiger partial charge is 0.323 e. The number of amides is 2. The Labute approximate surface area is 123 Å². The van der Waals surface area contributed by atoms with Crippen molar-refractivity contribution in [2.24, 2.45) is 5.41 Å². The van der Waals surface area contributed by atoms with Crippen LogP contribution in [0.15, 0.2) is 30.5 Å². The molecule has 1 aromatic rings. The van der Waals surface area contributed by atoms with Crippen molar-refractivity contribution in [2.45, 2.75) is 20.8 Å². The molecule has 0 bridgehead atoms. The van der Waals surface area contributed by atoms with Gasteiger partial charge in [-0.1, -0.05) is 26.8 Å². The third kappa shape index (κ3) is 5.52. The highest BCUT2D eigenvalue weighted by atomic mass is 16.6. The van der Waals surface area contributed by atoms with Crippen LogP contribution in [0.5, 0.6) is 5.75 Å². The number of hydrogen-bond acceptors (Lipinski definition) is 4. The quantitative estimate of drug-likeness (QED) is 0.658. The number of hydrogen-bond donors (Lipinski definition) is 2. The monoisotopic (exact) mass is 293 g/mol. The number of non-ortho nitro benzene ring substituents is 1. The molecule has 0 aliphatic rings. The van der Waals surface area contributed by atoms with E-state index in [1.54, 1.807) is 0 Å². The fourth-order valence-electron chi connectivity index (χ4n) is 1.43. The molecule has 0 spiro atoms. The highest BCUT2D eigenvalue weighted by Crippen LogP contribution is 2.28. The molecule has 1 aromatic carbocycles. The third-order valence-corrected chi connectivity index (χ3v) is 2.44. The number of urea groups is 1. The van der Waals surface area contributed by atoms with Crippen LogP contribution < -0.4 is 15.4 Å². The predicted octanol–water partition coefficient (Wildman–Crippen LogP) is 3.28. The molecule has 1 rings (SSSR count). The zero-order valence-electron chi connectivity index (χ0n) is 12.5. The Balaban J connectivity index is 2.81. The van der Waals surface area contributed by atoms with Gasteiger partial charge in [0.15, 0.2) is 0 Å². The molecule has 0 aromatic heterocycles. The van der Waals surface area contributed by atoms with E-state index in [4.69, 9.17) is 4.74 Å². The van der Waals surface area contributed by atoms with Gasteiger partial charge in [-0.3, -0.25) is 10.1 Å². The number of carbonyl (C=O) groups is 1. The van der Waals surface area contributed by atoms with Crippen LogP contribution in [0.3, 0.4) is 0 Å². The summed E-state index contributed by atoms with van der Waals surface area (Å²) >= 11 is 0. The number of nitrogens with zero attached hydrogens (tertiary/aromatic N) is 1. The maximum atomic E-state index is 11.7. The van der Waals surface area contributed by atoms with Gasteiger partial charge < -0.3 is 15.4 Å². The molecule has 0 aliphatic carbocycles. The summed E-state index contributed by atoms with van der Waals surface area (Å²) in [5.41, 5.74) is 0.0425. The van der Waals surface area contributed by atoms with E-state index < -0.39 is 11.0 Å². The molecule has 0 aliphatic heterocycles. The Morgan fingerprint density at radius 3 is 2.57 bits per heavy atom. The zero-order chi connectivity index (χ0) is 16.0. The second kappa shape index (κ2) is 6.74. The Kier molecular flexibility index (Phi) is 5.29. The van der Waals surface area contributed by atoms with Crippen molar-refractivity contribution >= 4 is 17.4 Å². The molecular formula is C14H19N3O4. The molecule has 0 atom stereocenters. The van der Waals surface area contributed by atoms with Crippen molar-refractivity contribution in [3.63, 3.8) is 0 Å². The Morgan fingerprint density at radius 2 is 2.05 bits per heavy atom. The number of anilines is 1. The lowest BCUT2D eigenvalue weighted by Crippen LogP contribution is -2.24. The van der Waals surface area contributed by atoms with Crippen LogP contribution in [0.25, 0.3) is 0 Å². The molecule has 0 unspecified atom stereocenters. The van der Waals surface area contributed by atoms with Crippen LogP contribution in [0.2, 0.25) is 0 Å². The van der Waals surface area contributed by atoms with E-state index in [2.05, 4.69) is 10.6 Å². The first-order valence-corrected chi connectivity index (χ1v) is 6.30. The number of carbonyl (C=O) groups excluding carboxylic acids is 1. The van der Waals surface area contributed by atoms with Crippen LogP contribution in [0.1, 0.15) is 20.8 Å². The maximum Gasteiger partial charge on any atom is 0.323 e. The first kappa shape index (κ1) is 16.5. The topological polar surface area (TPSA) is 93.5 Å². The average Bonchev–Trinajstić information content (AvgIpc) is 2.36. The minimum atomic E-state index is -0.540. The molecule has 7 nitrogen and oxygen atoms in total. The summed E-state index contributed by atoms with van der Waals surface area (Å²) in [4.78, 5) is 22.0. The molecule has 2 N–H and O–H groups in total. The van der Waals surface area contributed by atoms with Gasteiger partial charge in [-0.25, -0.2) is 4.79 Å². The molecule has 0 radical (unpaired) electrons. The van der Waals surface area contributed by atoms with Crippen molar-refractivity contribution in [3.8, 4) is 5.75 Å². The van der Waals surface area contributed by atoms with E-state index in [0.717, 1.165) is 0 Å². The van der Waals surface area contributed by atoms with Gasteiger partial charge >= 0.3 is 6.03 Å². The molecule has 0 heterocycles. The number of ether oxygens (including phenoxy) is 1. The van der Waals surface area contributed by atoms with Crippen LogP contribution in [0, 0.1) is 15.5 Å². The first-order chi connectivity index (χ1) is 9.73. The second-order valence-electron chi connectivity index (χ2n) is 5.44. The lowest BCUT2D eigenvalue weighted by atomic mass is 9.97. The standard InChI is InChI=1S/C14H19N3O4/c1-14(2,3)7-8-15-13(18)16-11-9-10(17(19)20)5-6-12(11)21-4/h5-9H,1-4H3,(H2,15,16,18)/b8-7+. The van der Waals surface area contributed by atoms with Gasteiger partial charge in [0.2, 0.25) is 0 Å². The van der Waals surface area contributed by atoms with Gasteiger partial charge in [0.1, 0.15) is 5.75 Å². The second-order valence-corrected chi connectivity index (χ2v) is 5.44. The van der Waals surface area contributed by atoms with Gasteiger partial charge in [-0.15, -0.1) is 0 Å². The highest BCUT2D eigenvalue weighted by Gasteiger charge is 2.13. The molecule has 2 amide bonds. The Hall–Kier alpha value is -2.57. The summed E-state index contributed by atoms with van der Waals surface area (Å²) in [7, 11) is 1.42. The lowest BCUT2D eigenvalue weighted by Gasteiger charge is -2.12. The van der Waals surface area contributed by atoms with E-state index in [9.17, 15) is 14.9 Å². The number of nitrogens with one attached hydrogen (secondary N) is 2. The van der Waals surface area contributed by atoms with Crippen molar-refractivity contribution in [1.29, 1.82) is 0 Å². The van der Waals surface area contributed by atoms with E-state index in [0.29, 0.717) is 5.75 Å². The van der Waals surface area contributed by atoms with Crippen molar-refractivity contribution in [2.75, 3.05) is 12.4 Å². The highest BCUT2D eigenvalue weighted by molar-refractivity contribution is 5.92. The van der Waals surface area contributed by atoms with Gasteiger partial charge in [-0.05, 0) is 11.5 Å². The fourth-order valence-corrected chi connectivity index (χ4v) is 1.43. The average molecular weight is 293 g/mol. The molecule has 0 saturated heterocycles. The SMILES string of the molecule is COc1ccc([N+](=O)[O-])cc1NC(=O)N/C=C/C(C)(C)C. The molecule has 21 heavy (non-hydrogen) atoms. The van der Waals surface area contributed by atoms with Gasteiger partial charge in [0.25, 0.3) is 5.69 Å². The van der Waals surface area contributed by atoms with Crippen LogP contribution in [-0.4, -0.2) is 18.1 Å². The van der Waals surface area contributed by atoms with Crippen molar-refractivity contribution in [3.05, 3.63) is 40.6 Å². The van der Waals surface area contributed by atoms with E-state index >= 15 is 0 Å². The Morgan fingerprint density at radius 1 is 1.38 bits per heavy atom.